The van der Waals surface area contributed by atoms with Gasteiger partial charge in [-0.15, -0.1) is 11.3 Å². The van der Waals surface area contributed by atoms with Gasteiger partial charge >= 0.3 is 11.9 Å². The molecule has 3 rings (SSSR count). The molecule has 2 aliphatic heterocycles. The molecule has 2 saturated heterocycles. The minimum Gasteiger partial charge on any atom is -0.480 e. The van der Waals surface area contributed by atoms with Crippen LogP contribution >= 0.6 is 11.3 Å². The summed E-state index contributed by atoms with van der Waals surface area (Å²) in [7, 11) is 0. The van der Waals surface area contributed by atoms with Crippen LogP contribution in [0.1, 0.15) is 35.4 Å². The number of rotatable bonds is 6. The number of carboxylic acids is 2. The number of hydrogen-bond donors (Lipinski definition) is 2. The van der Waals surface area contributed by atoms with Gasteiger partial charge in [0.15, 0.2) is 0 Å². The molecule has 9 heteroatoms. The second kappa shape index (κ2) is 8.08. The van der Waals surface area contributed by atoms with Crippen molar-refractivity contribution in [2.75, 3.05) is 13.1 Å². The average Bonchev–Trinajstić information content (AvgIpc) is 3.34. The molecule has 8 nitrogen and oxygen atoms in total. The molecule has 2 atom stereocenters. The number of thiophene rings is 1. The zero-order chi connectivity index (χ0) is 19.6. The van der Waals surface area contributed by atoms with Gasteiger partial charge in [-0.3, -0.25) is 9.59 Å². The maximum atomic E-state index is 12.4. The van der Waals surface area contributed by atoms with E-state index in [1.54, 1.807) is 12.1 Å². The highest BCUT2D eigenvalue weighted by Gasteiger charge is 2.35. The summed E-state index contributed by atoms with van der Waals surface area (Å²) in [5, 5.41) is 18.4. The summed E-state index contributed by atoms with van der Waals surface area (Å²) in [6.45, 7) is 0.913. The molecule has 0 spiro atoms. The first-order chi connectivity index (χ1) is 12.9. The Hall–Kier alpha value is -2.42. The van der Waals surface area contributed by atoms with E-state index in [-0.39, 0.29) is 24.7 Å². The van der Waals surface area contributed by atoms with E-state index in [1.807, 2.05) is 0 Å². The van der Waals surface area contributed by atoms with Crippen molar-refractivity contribution in [3.63, 3.8) is 0 Å². The smallest absolute Gasteiger partial charge is 0.326 e. The van der Waals surface area contributed by atoms with Gasteiger partial charge in [0, 0.05) is 22.8 Å². The third kappa shape index (κ3) is 4.29. The molecule has 0 radical (unpaired) electrons. The van der Waals surface area contributed by atoms with Crippen LogP contribution < -0.4 is 0 Å². The van der Waals surface area contributed by atoms with Crippen molar-refractivity contribution in [3.8, 4) is 0 Å². The number of aliphatic carboxylic acids is 2. The van der Waals surface area contributed by atoms with E-state index in [9.17, 15) is 29.4 Å². The third-order valence-electron chi connectivity index (χ3n) is 5.08. The van der Waals surface area contributed by atoms with Crippen molar-refractivity contribution in [1.29, 1.82) is 0 Å². The molecule has 0 aliphatic carbocycles. The summed E-state index contributed by atoms with van der Waals surface area (Å²) >= 11 is 1.34. The molecule has 0 bridgehead atoms. The molecule has 146 valence electrons. The number of amides is 2. The summed E-state index contributed by atoms with van der Waals surface area (Å²) in [6.07, 6.45) is 2.56. The fourth-order valence-corrected chi connectivity index (χ4v) is 4.76. The number of likely N-dealkylation sites (tertiary alicyclic amines) is 2. The first-order valence-electron chi connectivity index (χ1n) is 8.99. The summed E-state index contributed by atoms with van der Waals surface area (Å²) in [5.41, 5.74) is 0. The van der Waals surface area contributed by atoms with Gasteiger partial charge in [-0.25, -0.2) is 9.59 Å². The molecule has 0 aromatic carbocycles. The van der Waals surface area contributed by atoms with Crippen LogP contribution in [0.15, 0.2) is 12.1 Å². The van der Waals surface area contributed by atoms with Crippen molar-refractivity contribution in [3.05, 3.63) is 21.9 Å². The highest BCUT2D eigenvalue weighted by atomic mass is 32.1. The number of carboxylic acid groups (broad SMARTS) is 2. The fourth-order valence-electron chi connectivity index (χ4n) is 3.76. The highest BCUT2D eigenvalue weighted by molar-refractivity contribution is 7.12. The summed E-state index contributed by atoms with van der Waals surface area (Å²) in [4.78, 5) is 51.6. The molecule has 0 unspecified atom stereocenters. The molecule has 2 amide bonds. The second-order valence-corrected chi connectivity index (χ2v) is 8.14. The lowest BCUT2D eigenvalue weighted by molar-refractivity contribution is -0.148. The predicted octanol–water partition coefficient (Wildman–Crippen LogP) is 0.984. The normalized spacial score (nSPS) is 22.2. The Morgan fingerprint density at radius 3 is 1.63 bits per heavy atom. The summed E-state index contributed by atoms with van der Waals surface area (Å²) in [6, 6.07) is 2.05. The van der Waals surface area contributed by atoms with Crippen LogP contribution in [-0.4, -0.2) is 68.9 Å². The lowest BCUT2D eigenvalue weighted by Crippen LogP contribution is -2.41. The summed E-state index contributed by atoms with van der Waals surface area (Å²) in [5.74, 6) is -2.39. The topological polar surface area (TPSA) is 115 Å². The third-order valence-corrected chi connectivity index (χ3v) is 6.17. The number of hydrogen-bond acceptors (Lipinski definition) is 5. The quantitative estimate of drug-likeness (QED) is 0.743. The first kappa shape index (κ1) is 19.3. The van der Waals surface area contributed by atoms with E-state index in [2.05, 4.69) is 0 Å². The van der Waals surface area contributed by atoms with Crippen LogP contribution in [0.5, 0.6) is 0 Å². The van der Waals surface area contributed by atoms with Crippen LogP contribution in [0, 0.1) is 0 Å². The van der Waals surface area contributed by atoms with E-state index in [4.69, 9.17) is 0 Å². The van der Waals surface area contributed by atoms with Crippen molar-refractivity contribution in [2.45, 2.75) is 50.6 Å². The summed E-state index contributed by atoms with van der Waals surface area (Å²) < 4.78 is 0. The molecule has 1 aromatic rings. The van der Waals surface area contributed by atoms with Gasteiger partial charge < -0.3 is 20.0 Å². The Kier molecular flexibility index (Phi) is 5.79. The van der Waals surface area contributed by atoms with Crippen molar-refractivity contribution in [1.82, 2.24) is 9.80 Å². The molecule has 0 saturated carbocycles. The lowest BCUT2D eigenvalue weighted by Gasteiger charge is -2.21. The van der Waals surface area contributed by atoms with E-state index in [0.29, 0.717) is 38.8 Å². The van der Waals surface area contributed by atoms with Crippen molar-refractivity contribution in [2.24, 2.45) is 0 Å². The molecule has 1 aromatic heterocycles. The SMILES string of the molecule is O=C(O)[C@H]1CCCN1C(=O)Cc1ccc(CC(=O)N2CCC[C@@H]2C(=O)O)s1. The molecule has 2 aliphatic rings. The molecular formula is C18H22N2O6S. The van der Waals surface area contributed by atoms with Gasteiger partial charge in [0.05, 0.1) is 12.8 Å². The second-order valence-electron chi connectivity index (χ2n) is 6.89. The van der Waals surface area contributed by atoms with Crippen LogP contribution in [0.4, 0.5) is 0 Å². The van der Waals surface area contributed by atoms with Gasteiger partial charge in [0.25, 0.3) is 0 Å². The minimum absolute atomic E-state index is 0.115. The minimum atomic E-state index is -0.975. The molecule has 2 N–H and O–H groups in total. The Morgan fingerprint density at radius 2 is 1.26 bits per heavy atom. The van der Waals surface area contributed by atoms with Gasteiger partial charge in [0.1, 0.15) is 12.1 Å². The molecule has 27 heavy (non-hydrogen) atoms. The van der Waals surface area contributed by atoms with Crippen LogP contribution in [-0.2, 0) is 32.0 Å². The number of carbonyl (C=O) groups is 4. The van der Waals surface area contributed by atoms with Gasteiger partial charge in [0.2, 0.25) is 11.8 Å². The molecular weight excluding hydrogens is 372 g/mol. The Morgan fingerprint density at radius 1 is 0.852 bits per heavy atom. The zero-order valence-electron chi connectivity index (χ0n) is 14.8. The predicted molar refractivity (Wildman–Crippen MR) is 96.5 cm³/mol. The zero-order valence-corrected chi connectivity index (χ0v) is 15.6. The van der Waals surface area contributed by atoms with Crippen molar-refractivity contribution < 1.29 is 29.4 Å². The molecule has 3 heterocycles. The lowest BCUT2D eigenvalue weighted by atomic mass is 10.2. The van der Waals surface area contributed by atoms with Gasteiger partial charge in [-0.2, -0.15) is 0 Å². The Bertz CT molecular complexity index is 700. The van der Waals surface area contributed by atoms with E-state index in [0.717, 1.165) is 9.75 Å². The molecule has 2 fully saturated rings. The Balaban J connectivity index is 1.58. The van der Waals surface area contributed by atoms with E-state index < -0.39 is 24.0 Å². The van der Waals surface area contributed by atoms with Crippen LogP contribution in [0.3, 0.4) is 0 Å². The van der Waals surface area contributed by atoms with Gasteiger partial charge in [-0.05, 0) is 37.8 Å². The van der Waals surface area contributed by atoms with E-state index in [1.165, 1.54) is 21.1 Å². The van der Waals surface area contributed by atoms with Crippen LogP contribution in [0.2, 0.25) is 0 Å². The maximum absolute atomic E-state index is 12.4. The van der Waals surface area contributed by atoms with E-state index >= 15 is 0 Å². The largest absolute Gasteiger partial charge is 0.480 e. The first-order valence-corrected chi connectivity index (χ1v) is 9.80. The number of nitrogens with zero attached hydrogens (tertiary/aromatic N) is 2. The average molecular weight is 394 g/mol. The highest BCUT2D eigenvalue weighted by Crippen LogP contribution is 2.24. The van der Waals surface area contributed by atoms with Crippen LogP contribution in [0.25, 0.3) is 0 Å². The van der Waals surface area contributed by atoms with Crippen molar-refractivity contribution >= 4 is 35.1 Å². The standard InChI is InChI=1S/C18H22N2O6S/c21-15(19-7-1-3-13(19)17(23)24)9-11-5-6-12(27-11)10-16(22)20-8-2-4-14(20)18(25)26/h5-6,13-14H,1-4,7-10H2,(H,23,24)(H,25,26)/t13-,14-/m1/s1. The Labute approximate surface area is 160 Å². The monoisotopic (exact) mass is 394 g/mol. The number of carbonyl (C=O) groups excluding carboxylic acids is 2. The van der Waals surface area contributed by atoms with Gasteiger partial charge in [-0.1, -0.05) is 0 Å². The fraction of sp³-hybridized carbons (Fsp3) is 0.556. The maximum Gasteiger partial charge on any atom is 0.326 e.